The third kappa shape index (κ3) is 5.37. The summed E-state index contributed by atoms with van der Waals surface area (Å²) in [7, 11) is 2.08. The van der Waals surface area contributed by atoms with Crippen LogP contribution in [-0.2, 0) is 6.54 Å². The van der Waals surface area contributed by atoms with E-state index < -0.39 is 11.9 Å². The van der Waals surface area contributed by atoms with Crippen molar-refractivity contribution < 1.29 is 9.18 Å². The maximum atomic E-state index is 14.2. The Kier molecular flexibility index (Phi) is 7.12. The van der Waals surface area contributed by atoms with Crippen LogP contribution in [0.25, 0.3) is 0 Å². The van der Waals surface area contributed by atoms with Crippen LogP contribution in [0.5, 0.6) is 0 Å². The van der Waals surface area contributed by atoms with Crippen molar-refractivity contribution in [2.75, 3.05) is 38.1 Å². The van der Waals surface area contributed by atoms with Gasteiger partial charge >= 0.3 is 0 Å². The van der Waals surface area contributed by atoms with Gasteiger partial charge in [-0.05, 0) is 56.8 Å². The minimum atomic E-state index is -0.470. The molecule has 3 aromatic rings. The molecule has 1 fully saturated rings. The van der Waals surface area contributed by atoms with E-state index >= 15 is 0 Å². The molecule has 1 aliphatic rings. The smallest absolute Gasteiger partial charge is 0.263 e. The Balaban J connectivity index is 1.54. The molecule has 0 radical (unpaired) electrons. The van der Waals surface area contributed by atoms with Crippen LogP contribution in [0.2, 0.25) is 0 Å². The van der Waals surface area contributed by atoms with E-state index in [4.69, 9.17) is 0 Å². The highest BCUT2D eigenvalue weighted by atomic mass is 19.1. The van der Waals surface area contributed by atoms with Crippen LogP contribution in [0.1, 0.15) is 40.0 Å². The molecule has 0 aliphatic carbocycles. The van der Waals surface area contributed by atoms with Gasteiger partial charge in [0.05, 0.1) is 12.6 Å². The second kappa shape index (κ2) is 10.2. The minimum Gasteiger partial charge on any atom is -0.369 e. The molecule has 6 nitrogen and oxygen atoms in total. The Hall–Kier alpha value is -3.45. The molecule has 1 aliphatic heterocycles. The highest BCUT2D eigenvalue weighted by Crippen LogP contribution is 2.28. The Morgan fingerprint density at radius 2 is 1.82 bits per heavy atom. The van der Waals surface area contributed by atoms with Gasteiger partial charge in [0, 0.05) is 43.6 Å². The lowest BCUT2D eigenvalue weighted by Gasteiger charge is -2.36. The summed E-state index contributed by atoms with van der Waals surface area (Å²) in [5, 5.41) is 2.91. The van der Waals surface area contributed by atoms with E-state index in [-0.39, 0.29) is 16.9 Å². The number of benzene rings is 2. The van der Waals surface area contributed by atoms with E-state index in [1.807, 2.05) is 38.1 Å². The quantitative estimate of drug-likeness (QED) is 0.608. The van der Waals surface area contributed by atoms with E-state index in [1.165, 1.54) is 22.8 Å². The molecule has 7 heteroatoms. The Bertz CT molecular complexity index is 1230. The van der Waals surface area contributed by atoms with Crippen molar-refractivity contribution in [2.24, 2.45) is 0 Å². The number of piperazine rings is 1. The van der Waals surface area contributed by atoms with Crippen LogP contribution in [0, 0.1) is 12.7 Å². The molecule has 2 heterocycles. The zero-order valence-electron chi connectivity index (χ0n) is 19.9. The van der Waals surface area contributed by atoms with Crippen LogP contribution in [0.3, 0.4) is 0 Å². The number of hydrogen-bond acceptors (Lipinski definition) is 4. The first-order chi connectivity index (χ1) is 16.3. The topological polar surface area (TPSA) is 57.6 Å². The molecule has 1 unspecified atom stereocenters. The fourth-order valence-corrected chi connectivity index (χ4v) is 4.40. The molecule has 0 spiro atoms. The summed E-state index contributed by atoms with van der Waals surface area (Å²) < 4.78 is 15.7. The van der Waals surface area contributed by atoms with Crippen LogP contribution in [0.15, 0.2) is 65.6 Å². The molecule has 178 valence electrons. The number of nitrogens with one attached hydrogen (secondary N) is 1. The van der Waals surface area contributed by atoms with Crippen LogP contribution in [0.4, 0.5) is 10.1 Å². The van der Waals surface area contributed by atoms with Gasteiger partial charge in [0.25, 0.3) is 11.5 Å². The number of carbonyl (C=O) groups is 1. The molecular formula is C27H31FN4O2. The molecule has 1 atom stereocenters. The zero-order chi connectivity index (χ0) is 24.2. The molecule has 34 heavy (non-hydrogen) atoms. The van der Waals surface area contributed by atoms with Gasteiger partial charge in [-0.2, -0.15) is 0 Å². The van der Waals surface area contributed by atoms with Gasteiger partial charge in [-0.3, -0.25) is 9.59 Å². The zero-order valence-corrected chi connectivity index (χ0v) is 19.9. The number of carbonyl (C=O) groups excluding carboxylic acids is 1. The fraction of sp³-hybridized carbons (Fsp3) is 0.333. The number of amides is 1. The van der Waals surface area contributed by atoms with Gasteiger partial charge < -0.3 is 19.7 Å². The van der Waals surface area contributed by atoms with Crippen LogP contribution in [-0.4, -0.2) is 48.6 Å². The van der Waals surface area contributed by atoms with Crippen LogP contribution >= 0.6 is 0 Å². The number of hydrogen-bond donors (Lipinski definition) is 1. The van der Waals surface area contributed by atoms with Crippen molar-refractivity contribution >= 4 is 11.6 Å². The number of pyridine rings is 1. The van der Waals surface area contributed by atoms with Gasteiger partial charge in [-0.25, -0.2) is 4.39 Å². The van der Waals surface area contributed by atoms with Gasteiger partial charge in [0.1, 0.15) is 11.4 Å². The highest BCUT2D eigenvalue weighted by Gasteiger charge is 2.22. The van der Waals surface area contributed by atoms with E-state index in [0.717, 1.165) is 43.0 Å². The van der Waals surface area contributed by atoms with E-state index in [9.17, 15) is 14.0 Å². The normalized spacial score (nSPS) is 15.2. The molecule has 4 rings (SSSR count). The SMILES string of the molecule is Cc1cccc(Cn2cccc(C(=O)NC(C)c3cc(F)ccc3N3CCN(C)CC3)c2=O)c1. The summed E-state index contributed by atoms with van der Waals surface area (Å²) in [4.78, 5) is 30.6. The minimum absolute atomic E-state index is 0.0690. The molecule has 1 amide bonds. The Morgan fingerprint density at radius 1 is 1.06 bits per heavy atom. The van der Waals surface area contributed by atoms with E-state index in [2.05, 4.69) is 22.2 Å². The summed E-state index contributed by atoms with van der Waals surface area (Å²) in [6.45, 7) is 7.70. The third-order valence-electron chi connectivity index (χ3n) is 6.35. The second-order valence-electron chi connectivity index (χ2n) is 9.03. The van der Waals surface area contributed by atoms with Crippen molar-refractivity contribution in [3.63, 3.8) is 0 Å². The van der Waals surface area contributed by atoms with E-state index in [0.29, 0.717) is 12.1 Å². The summed E-state index contributed by atoms with van der Waals surface area (Å²) in [6.07, 6.45) is 1.68. The lowest BCUT2D eigenvalue weighted by Crippen LogP contribution is -2.45. The summed E-state index contributed by atoms with van der Waals surface area (Å²) in [5.41, 5.74) is 3.43. The lowest BCUT2D eigenvalue weighted by molar-refractivity contribution is 0.0937. The molecule has 1 N–H and O–H groups in total. The number of halogens is 1. The lowest BCUT2D eigenvalue weighted by atomic mass is 10.0. The van der Waals surface area contributed by atoms with Gasteiger partial charge in [0.2, 0.25) is 0 Å². The van der Waals surface area contributed by atoms with Crippen LogP contribution < -0.4 is 15.8 Å². The Labute approximate surface area is 199 Å². The number of rotatable bonds is 6. The molecule has 1 aromatic heterocycles. The van der Waals surface area contributed by atoms with Gasteiger partial charge in [0.15, 0.2) is 0 Å². The molecular weight excluding hydrogens is 431 g/mol. The second-order valence-corrected chi connectivity index (χ2v) is 9.03. The maximum Gasteiger partial charge on any atom is 0.263 e. The highest BCUT2D eigenvalue weighted by molar-refractivity contribution is 5.94. The number of anilines is 1. The number of aryl methyl sites for hydroxylation is 1. The first-order valence-corrected chi connectivity index (χ1v) is 11.6. The molecule has 0 saturated carbocycles. The standard InChI is InChI=1S/C27H31FN4O2/c1-19-6-4-7-21(16-19)18-32-11-5-8-23(27(32)34)26(33)29-20(2)24-17-22(28)9-10-25(24)31-14-12-30(3)13-15-31/h4-11,16-17,20H,12-15,18H2,1-3H3,(H,29,33). The van der Waals surface area contributed by atoms with Crippen molar-refractivity contribution in [3.8, 4) is 0 Å². The summed E-state index contributed by atoms with van der Waals surface area (Å²) in [5.74, 6) is -0.820. The summed E-state index contributed by atoms with van der Waals surface area (Å²) in [6, 6.07) is 15.4. The first-order valence-electron chi connectivity index (χ1n) is 11.6. The number of aromatic nitrogens is 1. The predicted octanol–water partition coefficient (Wildman–Crippen LogP) is 3.59. The molecule has 1 saturated heterocycles. The molecule has 0 bridgehead atoms. The largest absolute Gasteiger partial charge is 0.369 e. The van der Waals surface area contributed by atoms with Gasteiger partial charge in [-0.15, -0.1) is 0 Å². The van der Waals surface area contributed by atoms with E-state index in [1.54, 1.807) is 18.3 Å². The Morgan fingerprint density at radius 3 is 2.56 bits per heavy atom. The first kappa shape index (κ1) is 23.7. The van der Waals surface area contributed by atoms with Crippen molar-refractivity contribution in [2.45, 2.75) is 26.4 Å². The monoisotopic (exact) mass is 462 g/mol. The number of likely N-dealkylation sites (N-methyl/N-ethyl adjacent to an activating group) is 1. The number of nitrogens with zero attached hydrogens (tertiary/aromatic N) is 3. The van der Waals surface area contributed by atoms with Crippen molar-refractivity contribution in [1.82, 2.24) is 14.8 Å². The average molecular weight is 463 g/mol. The van der Waals surface area contributed by atoms with Gasteiger partial charge in [-0.1, -0.05) is 29.8 Å². The van der Waals surface area contributed by atoms with Crippen molar-refractivity contribution in [1.29, 1.82) is 0 Å². The third-order valence-corrected chi connectivity index (χ3v) is 6.35. The summed E-state index contributed by atoms with van der Waals surface area (Å²) >= 11 is 0. The van der Waals surface area contributed by atoms with Crippen molar-refractivity contribution in [3.05, 3.63) is 99.2 Å². The molecule has 2 aromatic carbocycles. The average Bonchev–Trinajstić information content (AvgIpc) is 2.81. The predicted molar refractivity (Wildman–Crippen MR) is 133 cm³/mol. The maximum absolute atomic E-state index is 14.2. The fourth-order valence-electron chi connectivity index (χ4n) is 4.40.